The molecule has 0 aliphatic rings. The zero-order valence-electron chi connectivity index (χ0n) is 20.6. The summed E-state index contributed by atoms with van der Waals surface area (Å²) >= 11 is 0. The molecule has 10 nitrogen and oxygen atoms in total. The van der Waals surface area contributed by atoms with Crippen LogP contribution in [0.5, 0.6) is 0 Å². The largest absolute Gasteiger partial charge is 0.350 e. The van der Waals surface area contributed by atoms with Gasteiger partial charge in [0.15, 0.2) is 0 Å². The number of hydrogen-bond donors (Lipinski definition) is 1. The molecule has 1 N–H and O–H groups in total. The van der Waals surface area contributed by atoms with Gasteiger partial charge in [-0.25, -0.2) is 8.42 Å². The number of non-ortho nitro benzene ring substituents is 1. The van der Waals surface area contributed by atoms with Crippen LogP contribution in [0.1, 0.15) is 33.3 Å². The topological polar surface area (TPSA) is 130 Å². The molecular formula is C24H32N4O6S. The Labute approximate surface area is 206 Å². The van der Waals surface area contributed by atoms with Crippen molar-refractivity contribution in [3.63, 3.8) is 0 Å². The van der Waals surface area contributed by atoms with E-state index < -0.39 is 39.0 Å². The Morgan fingerprint density at radius 2 is 1.71 bits per heavy atom. The first-order valence-electron chi connectivity index (χ1n) is 11.1. The van der Waals surface area contributed by atoms with Gasteiger partial charge in [-0.1, -0.05) is 36.4 Å². The minimum atomic E-state index is -3.97. The Morgan fingerprint density at radius 3 is 2.26 bits per heavy atom. The van der Waals surface area contributed by atoms with Crippen LogP contribution in [0.15, 0.2) is 54.6 Å². The normalized spacial score (nSPS) is 12.5. The number of anilines is 1. The number of carbonyl (C=O) groups is 2. The van der Waals surface area contributed by atoms with E-state index in [0.717, 1.165) is 22.2 Å². The maximum atomic E-state index is 13.4. The van der Waals surface area contributed by atoms with Crippen molar-refractivity contribution < 1.29 is 22.9 Å². The van der Waals surface area contributed by atoms with Crippen LogP contribution in [0.2, 0.25) is 0 Å². The third-order valence-electron chi connectivity index (χ3n) is 5.16. The Morgan fingerprint density at radius 1 is 1.09 bits per heavy atom. The van der Waals surface area contributed by atoms with Gasteiger partial charge >= 0.3 is 0 Å². The second-order valence-corrected chi connectivity index (χ2v) is 11.2. The fraction of sp³-hybridized carbons (Fsp3) is 0.417. The quantitative estimate of drug-likeness (QED) is 0.391. The molecule has 0 aliphatic carbocycles. The highest BCUT2D eigenvalue weighted by Crippen LogP contribution is 2.23. The molecule has 11 heteroatoms. The lowest BCUT2D eigenvalue weighted by Gasteiger charge is -2.33. The van der Waals surface area contributed by atoms with E-state index in [4.69, 9.17) is 0 Å². The lowest BCUT2D eigenvalue weighted by molar-refractivity contribution is -0.384. The summed E-state index contributed by atoms with van der Waals surface area (Å²) in [4.78, 5) is 38.2. The van der Waals surface area contributed by atoms with Gasteiger partial charge in [0, 0.05) is 24.2 Å². The molecule has 35 heavy (non-hydrogen) atoms. The second kappa shape index (κ2) is 11.3. The average Bonchev–Trinajstić information content (AvgIpc) is 2.76. The van der Waals surface area contributed by atoms with Crippen LogP contribution < -0.4 is 9.62 Å². The molecule has 2 amide bonds. The van der Waals surface area contributed by atoms with Gasteiger partial charge in [0.25, 0.3) is 5.69 Å². The monoisotopic (exact) mass is 504 g/mol. The SMILES string of the molecule is C[C@@H](C(=O)NC(C)(C)C)N(CCc1ccccc1)C(=O)CN(c1cccc([N+](=O)[O-])c1)S(C)(=O)=O. The number of nitro benzene ring substituents is 1. The standard InChI is InChI=1S/C24H32N4O6S/c1-18(23(30)25-24(2,3)4)26(15-14-19-10-7-6-8-11-19)22(29)17-27(35(5,33)34)20-12-9-13-21(16-20)28(31)32/h6-13,16,18H,14-15,17H2,1-5H3,(H,25,30)/t18-/m0/s1. The molecule has 0 radical (unpaired) electrons. The number of rotatable bonds is 10. The number of amides is 2. The minimum absolute atomic E-state index is 0.00939. The summed E-state index contributed by atoms with van der Waals surface area (Å²) in [5.41, 5.74) is 0.112. The van der Waals surface area contributed by atoms with Gasteiger partial charge in [-0.05, 0) is 45.7 Å². The fourth-order valence-electron chi connectivity index (χ4n) is 3.42. The van der Waals surface area contributed by atoms with Gasteiger partial charge in [-0.15, -0.1) is 0 Å². The molecule has 1 atom stereocenters. The lowest BCUT2D eigenvalue weighted by Crippen LogP contribution is -2.55. The molecule has 2 rings (SSSR count). The highest BCUT2D eigenvalue weighted by atomic mass is 32.2. The molecule has 0 saturated heterocycles. The maximum absolute atomic E-state index is 13.4. The van der Waals surface area contributed by atoms with E-state index in [1.807, 2.05) is 51.1 Å². The molecule has 0 fully saturated rings. The van der Waals surface area contributed by atoms with Crippen molar-refractivity contribution in [2.75, 3.05) is 23.7 Å². The summed E-state index contributed by atoms with van der Waals surface area (Å²) in [5.74, 6) is -0.977. The zero-order chi connectivity index (χ0) is 26.4. The van der Waals surface area contributed by atoms with Crippen LogP contribution in [-0.2, 0) is 26.0 Å². The van der Waals surface area contributed by atoms with Crippen molar-refractivity contribution >= 4 is 33.2 Å². The number of nitrogens with one attached hydrogen (secondary N) is 1. The first kappa shape index (κ1) is 27.8. The molecule has 2 aromatic carbocycles. The molecular weight excluding hydrogens is 472 g/mol. The number of sulfonamides is 1. The van der Waals surface area contributed by atoms with Gasteiger partial charge in [0.1, 0.15) is 12.6 Å². The van der Waals surface area contributed by atoms with Crippen LogP contribution in [0.4, 0.5) is 11.4 Å². The van der Waals surface area contributed by atoms with Crippen LogP contribution in [0, 0.1) is 10.1 Å². The minimum Gasteiger partial charge on any atom is -0.350 e. The molecule has 0 heterocycles. The highest BCUT2D eigenvalue weighted by molar-refractivity contribution is 7.92. The molecule has 0 aliphatic heterocycles. The smallest absolute Gasteiger partial charge is 0.271 e. The third kappa shape index (κ3) is 8.36. The average molecular weight is 505 g/mol. The molecule has 0 aromatic heterocycles. The van der Waals surface area contributed by atoms with Crippen molar-refractivity contribution in [2.45, 2.75) is 45.7 Å². The van der Waals surface area contributed by atoms with Crippen LogP contribution in [0.3, 0.4) is 0 Å². The lowest BCUT2D eigenvalue weighted by atomic mass is 10.1. The summed E-state index contributed by atoms with van der Waals surface area (Å²) in [6, 6.07) is 13.6. The fourth-order valence-corrected chi connectivity index (χ4v) is 4.26. The van der Waals surface area contributed by atoms with E-state index >= 15 is 0 Å². The molecule has 0 spiro atoms. The molecule has 0 saturated carbocycles. The predicted molar refractivity (Wildman–Crippen MR) is 135 cm³/mol. The Balaban J connectivity index is 2.37. The Bertz CT molecular complexity index is 1160. The van der Waals surface area contributed by atoms with Crippen LogP contribution >= 0.6 is 0 Å². The summed E-state index contributed by atoms with van der Waals surface area (Å²) in [6.45, 7) is 6.61. The number of hydrogen-bond acceptors (Lipinski definition) is 6. The number of benzene rings is 2. The summed E-state index contributed by atoms with van der Waals surface area (Å²) in [6.07, 6.45) is 1.37. The Kier molecular flexibility index (Phi) is 8.97. The first-order chi connectivity index (χ1) is 16.2. The van der Waals surface area contributed by atoms with Crippen molar-refractivity contribution in [2.24, 2.45) is 0 Å². The predicted octanol–water partition coefficient (Wildman–Crippen LogP) is 2.74. The van der Waals surface area contributed by atoms with E-state index in [2.05, 4.69) is 5.32 Å². The van der Waals surface area contributed by atoms with Gasteiger partial charge in [-0.3, -0.25) is 24.0 Å². The van der Waals surface area contributed by atoms with Gasteiger partial charge in [0.05, 0.1) is 16.9 Å². The molecule has 0 bridgehead atoms. The third-order valence-corrected chi connectivity index (χ3v) is 6.30. The van der Waals surface area contributed by atoms with E-state index in [0.29, 0.717) is 6.42 Å². The van der Waals surface area contributed by atoms with Crippen molar-refractivity contribution in [3.8, 4) is 0 Å². The number of nitro groups is 1. The summed E-state index contributed by atoms with van der Waals surface area (Å²) in [5, 5.41) is 14.0. The van der Waals surface area contributed by atoms with Crippen LogP contribution in [-0.4, -0.2) is 61.0 Å². The number of nitrogens with zero attached hydrogens (tertiary/aromatic N) is 3. The van der Waals surface area contributed by atoms with E-state index in [1.165, 1.54) is 23.1 Å². The van der Waals surface area contributed by atoms with E-state index in [9.17, 15) is 28.1 Å². The number of carbonyl (C=O) groups excluding carboxylic acids is 2. The first-order valence-corrected chi connectivity index (χ1v) is 12.9. The van der Waals surface area contributed by atoms with E-state index in [-0.39, 0.29) is 23.8 Å². The zero-order valence-corrected chi connectivity index (χ0v) is 21.4. The van der Waals surface area contributed by atoms with Gasteiger partial charge in [0.2, 0.25) is 21.8 Å². The van der Waals surface area contributed by atoms with Gasteiger partial charge in [-0.2, -0.15) is 0 Å². The molecule has 0 unspecified atom stereocenters. The summed E-state index contributed by atoms with van der Waals surface area (Å²) in [7, 11) is -3.97. The van der Waals surface area contributed by atoms with E-state index in [1.54, 1.807) is 6.92 Å². The highest BCUT2D eigenvalue weighted by Gasteiger charge is 2.31. The Hall–Kier alpha value is -3.47. The molecule has 190 valence electrons. The van der Waals surface area contributed by atoms with Gasteiger partial charge < -0.3 is 10.2 Å². The van der Waals surface area contributed by atoms with Crippen molar-refractivity contribution in [1.29, 1.82) is 0 Å². The van der Waals surface area contributed by atoms with Crippen LogP contribution in [0.25, 0.3) is 0 Å². The molecule has 2 aromatic rings. The van der Waals surface area contributed by atoms with Crippen molar-refractivity contribution in [1.82, 2.24) is 10.2 Å². The van der Waals surface area contributed by atoms with Crippen molar-refractivity contribution in [3.05, 3.63) is 70.3 Å². The maximum Gasteiger partial charge on any atom is 0.271 e. The summed E-state index contributed by atoms with van der Waals surface area (Å²) < 4.78 is 25.9. The second-order valence-electron chi connectivity index (χ2n) is 9.28.